The zero-order chi connectivity index (χ0) is 30.9. The van der Waals surface area contributed by atoms with E-state index >= 15 is 0 Å². The number of carbonyl (C=O) groups excluding carboxylic acids is 2. The molecule has 9 heteroatoms. The minimum absolute atomic E-state index is 0.0704. The van der Waals surface area contributed by atoms with Crippen molar-refractivity contribution in [2.24, 2.45) is 0 Å². The predicted molar refractivity (Wildman–Crippen MR) is 167 cm³/mol. The van der Waals surface area contributed by atoms with Crippen molar-refractivity contribution in [3.8, 4) is 5.75 Å². The number of ether oxygens (including phenoxy) is 1. The maximum atomic E-state index is 14.2. The third-order valence-electron chi connectivity index (χ3n) is 7.36. The van der Waals surface area contributed by atoms with Crippen LogP contribution in [-0.2, 0) is 26.2 Å². The molecule has 0 fully saturated rings. The first-order chi connectivity index (χ1) is 20.0. The van der Waals surface area contributed by atoms with Crippen molar-refractivity contribution in [1.29, 1.82) is 0 Å². The lowest BCUT2D eigenvalue weighted by atomic mass is 10.0. The smallest absolute Gasteiger partial charge is 0.264 e. The van der Waals surface area contributed by atoms with E-state index in [1.165, 1.54) is 17.0 Å². The average Bonchev–Trinajstić information content (AvgIpc) is 3.00. The molecule has 0 spiro atoms. The van der Waals surface area contributed by atoms with Gasteiger partial charge >= 0.3 is 0 Å². The van der Waals surface area contributed by atoms with Crippen LogP contribution in [0, 0.1) is 0 Å². The molecule has 42 heavy (non-hydrogen) atoms. The Morgan fingerprint density at radius 1 is 0.857 bits per heavy atom. The van der Waals surface area contributed by atoms with Crippen LogP contribution in [0.3, 0.4) is 0 Å². The summed E-state index contributed by atoms with van der Waals surface area (Å²) in [5.41, 5.74) is 2.21. The van der Waals surface area contributed by atoms with Crippen LogP contribution in [0.15, 0.2) is 83.8 Å². The van der Waals surface area contributed by atoms with Gasteiger partial charge in [0.05, 0.1) is 17.7 Å². The summed E-state index contributed by atoms with van der Waals surface area (Å²) in [7, 11) is -2.53. The Kier molecular flexibility index (Phi) is 11.6. The lowest BCUT2D eigenvalue weighted by Gasteiger charge is -2.33. The Labute approximate surface area is 250 Å². The Hall–Kier alpha value is -3.85. The van der Waals surface area contributed by atoms with Crippen molar-refractivity contribution in [2.45, 2.75) is 76.9 Å². The number of nitrogens with zero attached hydrogens (tertiary/aromatic N) is 2. The number of anilines is 1. The highest BCUT2D eigenvalue weighted by atomic mass is 32.2. The minimum atomic E-state index is -4.10. The number of hydrogen-bond donors (Lipinski definition) is 1. The van der Waals surface area contributed by atoms with Crippen molar-refractivity contribution in [3.05, 3.63) is 90.0 Å². The zero-order valence-electron chi connectivity index (χ0n) is 25.4. The molecular formula is C33H43N3O5S. The lowest BCUT2D eigenvalue weighted by molar-refractivity contribution is -0.140. The van der Waals surface area contributed by atoms with E-state index in [0.29, 0.717) is 17.9 Å². The predicted octanol–water partition coefficient (Wildman–Crippen LogP) is 5.74. The zero-order valence-corrected chi connectivity index (χ0v) is 26.2. The molecule has 3 aromatic carbocycles. The molecule has 0 aliphatic rings. The molecule has 0 heterocycles. The molecule has 0 bridgehead atoms. The van der Waals surface area contributed by atoms with Gasteiger partial charge in [-0.25, -0.2) is 8.42 Å². The monoisotopic (exact) mass is 593 g/mol. The topological polar surface area (TPSA) is 96.0 Å². The van der Waals surface area contributed by atoms with E-state index in [-0.39, 0.29) is 29.3 Å². The molecule has 0 aliphatic heterocycles. The van der Waals surface area contributed by atoms with Gasteiger partial charge in [-0.3, -0.25) is 13.9 Å². The number of hydrogen-bond acceptors (Lipinski definition) is 5. The van der Waals surface area contributed by atoms with Gasteiger partial charge < -0.3 is 15.0 Å². The van der Waals surface area contributed by atoms with Crippen LogP contribution in [0.5, 0.6) is 5.75 Å². The van der Waals surface area contributed by atoms with E-state index in [4.69, 9.17) is 4.74 Å². The summed E-state index contributed by atoms with van der Waals surface area (Å²) in [6, 6.07) is 21.7. The average molecular weight is 594 g/mol. The van der Waals surface area contributed by atoms with Gasteiger partial charge in [0.15, 0.2) is 0 Å². The highest BCUT2D eigenvalue weighted by Crippen LogP contribution is 2.27. The van der Waals surface area contributed by atoms with Crippen molar-refractivity contribution in [2.75, 3.05) is 18.0 Å². The molecule has 2 atom stereocenters. The van der Waals surface area contributed by atoms with Crippen molar-refractivity contribution >= 4 is 27.5 Å². The first-order valence-electron chi connectivity index (χ1n) is 14.4. The second kappa shape index (κ2) is 14.9. The lowest BCUT2D eigenvalue weighted by Crippen LogP contribution is -2.53. The summed E-state index contributed by atoms with van der Waals surface area (Å²) < 4.78 is 34.3. The SMILES string of the molecule is CC[C@H](C)NC(=O)[C@H](CC)N(Cc1ccc(OC)cc1)C(=O)CN(c1ccc(C(C)C)cc1)S(=O)(=O)c1ccccc1. The van der Waals surface area contributed by atoms with Crippen molar-refractivity contribution in [1.82, 2.24) is 10.2 Å². The quantitative estimate of drug-likeness (QED) is 0.257. The number of rotatable bonds is 14. The van der Waals surface area contributed by atoms with Gasteiger partial charge in [-0.05, 0) is 73.2 Å². The maximum absolute atomic E-state index is 14.2. The van der Waals surface area contributed by atoms with Gasteiger partial charge in [-0.1, -0.05) is 70.2 Å². The van der Waals surface area contributed by atoms with Crippen LogP contribution < -0.4 is 14.4 Å². The van der Waals surface area contributed by atoms with Gasteiger partial charge in [-0.2, -0.15) is 0 Å². The molecule has 1 N–H and O–H groups in total. The highest BCUT2D eigenvalue weighted by Gasteiger charge is 2.34. The summed E-state index contributed by atoms with van der Waals surface area (Å²) >= 11 is 0. The molecule has 3 rings (SSSR count). The molecular weight excluding hydrogens is 550 g/mol. The van der Waals surface area contributed by atoms with E-state index in [1.807, 2.05) is 45.0 Å². The molecule has 0 saturated heterocycles. The van der Waals surface area contributed by atoms with Crippen LogP contribution in [0.1, 0.15) is 64.5 Å². The van der Waals surface area contributed by atoms with Crippen molar-refractivity contribution < 1.29 is 22.7 Å². The summed E-state index contributed by atoms with van der Waals surface area (Å²) in [5, 5.41) is 2.99. The third-order valence-corrected chi connectivity index (χ3v) is 9.14. The first kappa shape index (κ1) is 32.7. The summed E-state index contributed by atoms with van der Waals surface area (Å²) in [4.78, 5) is 29.1. The second-order valence-corrected chi connectivity index (χ2v) is 12.5. The maximum Gasteiger partial charge on any atom is 0.264 e. The van der Waals surface area contributed by atoms with Gasteiger partial charge in [0.1, 0.15) is 18.3 Å². The molecule has 0 saturated carbocycles. The molecule has 0 unspecified atom stereocenters. The fourth-order valence-corrected chi connectivity index (χ4v) is 6.00. The number of benzene rings is 3. The number of amides is 2. The van der Waals surface area contributed by atoms with E-state index < -0.39 is 28.5 Å². The summed E-state index contributed by atoms with van der Waals surface area (Å²) in [6.45, 7) is 9.51. The number of carbonyl (C=O) groups is 2. The van der Waals surface area contributed by atoms with Crippen LogP contribution in [0.4, 0.5) is 5.69 Å². The standard InChI is InChI=1S/C33H43N3O5S/c1-7-25(5)34-33(38)31(8-2)35(22-26-14-20-29(41-6)21-15-26)32(37)23-36(28-18-16-27(17-19-28)24(3)4)42(39,40)30-12-10-9-11-13-30/h9-21,24-25,31H,7-8,22-23H2,1-6H3,(H,34,38)/t25-,31-/m0/s1. The molecule has 8 nitrogen and oxygen atoms in total. The minimum Gasteiger partial charge on any atom is -0.497 e. The fraction of sp³-hybridized carbons (Fsp3) is 0.394. The van der Waals surface area contributed by atoms with E-state index in [2.05, 4.69) is 19.2 Å². The van der Waals surface area contributed by atoms with E-state index in [9.17, 15) is 18.0 Å². The van der Waals surface area contributed by atoms with Crippen LogP contribution in [0.2, 0.25) is 0 Å². The van der Waals surface area contributed by atoms with Gasteiger partial charge in [0.2, 0.25) is 11.8 Å². The number of methoxy groups -OCH3 is 1. The van der Waals surface area contributed by atoms with Crippen LogP contribution in [0.25, 0.3) is 0 Å². The summed E-state index contributed by atoms with van der Waals surface area (Å²) in [6.07, 6.45) is 1.10. The molecule has 0 aliphatic carbocycles. The molecule has 226 valence electrons. The van der Waals surface area contributed by atoms with Crippen LogP contribution in [-0.4, -0.2) is 50.9 Å². The largest absolute Gasteiger partial charge is 0.497 e. The third kappa shape index (κ3) is 8.12. The van der Waals surface area contributed by atoms with Crippen LogP contribution >= 0.6 is 0 Å². The normalized spacial score (nSPS) is 12.8. The van der Waals surface area contributed by atoms with Gasteiger partial charge in [-0.15, -0.1) is 0 Å². The number of sulfonamides is 1. The Morgan fingerprint density at radius 3 is 2.00 bits per heavy atom. The Balaban J connectivity index is 2.05. The Morgan fingerprint density at radius 2 is 1.48 bits per heavy atom. The highest BCUT2D eigenvalue weighted by molar-refractivity contribution is 7.92. The molecule has 2 amide bonds. The fourth-order valence-electron chi connectivity index (χ4n) is 4.56. The van der Waals surface area contributed by atoms with E-state index in [1.54, 1.807) is 49.6 Å². The second-order valence-electron chi connectivity index (χ2n) is 10.7. The molecule has 3 aromatic rings. The molecule has 0 aromatic heterocycles. The van der Waals surface area contributed by atoms with Gasteiger partial charge in [0.25, 0.3) is 10.0 Å². The number of nitrogens with one attached hydrogen (secondary N) is 1. The van der Waals surface area contributed by atoms with Crippen molar-refractivity contribution in [3.63, 3.8) is 0 Å². The summed E-state index contributed by atoms with van der Waals surface area (Å²) in [5.74, 6) is 0.175. The molecule has 0 radical (unpaired) electrons. The van der Waals surface area contributed by atoms with Gasteiger partial charge in [0, 0.05) is 12.6 Å². The first-order valence-corrected chi connectivity index (χ1v) is 15.9. The van der Waals surface area contributed by atoms with E-state index in [0.717, 1.165) is 21.9 Å². The Bertz CT molecular complexity index is 1410.